The predicted octanol–water partition coefficient (Wildman–Crippen LogP) is 2.90. The van der Waals surface area contributed by atoms with E-state index in [9.17, 15) is 0 Å². The fourth-order valence-electron chi connectivity index (χ4n) is 3.62. The van der Waals surface area contributed by atoms with Gasteiger partial charge in [0.15, 0.2) is 0 Å². The van der Waals surface area contributed by atoms with Gasteiger partial charge in [-0.1, -0.05) is 12.1 Å². The van der Waals surface area contributed by atoms with Crippen LogP contribution in [0.4, 0.5) is 5.69 Å². The van der Waals surface area contributed by atoms with E-state index in [-0.39, 0.29) is 0 Å². The van der Waals surface area contributed by atoms with Crippen molar-refractivity contribution in [1.82, 2.24) is 10.2 Å². The number of nitrogens with one attached hydrogen (secondary N) is 1. The van der Waals surface area contributed by atoms with Crippen LogP contribution in [0.1, 0.15) is 37.7 Å². The lowest BCUT2D eigenvalue weighted by atomic mass is 10.1. The Hall–Kier alpha value is -1.06. The van der Waals surface area contributed by atoms with Crippen molar-refractivity contribution in [3.05, 3.63) is 29.8 Å². The topological polar surface area (TPSA) is 18.5 Å². The van der Waals surface area contributed by atoms with Gasteiger partial charge in [-0.2, -0.15) is 0 Å². The quantitative estimate of drug-likeness (QED) is 0.815. The van der Waals surface area contributed by atoms with E-state index in [1.807, 2.05) is 0 Å². The molecule has 0 spiro atoms. The highest BCUT2D eigenvalue weighted by Crippen LogP contribution is 2.20. The molecule has 0 radical (unpaired) electrons. The first-order valence-electron chi connectivity index (χ1n) is 9.19. The number of unbranched alkanes of at least 4 members (excludes halogenated alkanes) is 1. The highest BCUT2D eigenvalue weighted by molar-refractivity contribution is 5.47. The Labute approximate surface area is 135 Å². The third-order valence-corrected chi connectivity index (χ3v) is 5.06. The summed E-state index contributed by atoms with van der Waals surface area (Å²) in [7, 11) is 0. The SMILES string of the molecule is c1cc(N2CCCCC2)ccc1CCCCN1CCNCC1. The normalized spacial score (nSPS) is 20.3. The number of hydrogen-bond acceptors (Lipinski definition) is 3. The summed E-state index contributed by atoms with van der Waals surface area (Å²) < 4.78 is 0. The van der Waals surface area contributed by atoms with Crippen LogP contribution in [-0.4, -0.2) is 50.7 Å². The average molecular weight is 301 g/mol. The van der Waals surface area contributed by atoms with Crippen LogP contribution in [0.15, 0.2) is 24.3 Å². The lowest BCUT2D eigenvalue weighted by molar-refractivity contribution is 0.237. The Morgan fingerprint density at radius 3 is 2.27 bits per heavy atom. The fourth-order valence-corrected chi connectivity index (χ4v) is 3.62. The van der Waals surface area contributed by atoms with Crippen LogP contribution < -0.4 is 10.2 Å². The van der Waals surface area contributed by atoms with Gasteiger partial charge in [-0.3, -0.25) is 0 Å². The van der Waals surface area contributed by atoms with Gasteiger partial charge in [-0.15, -0.1) is 0 Å². The Morgan fingerprint density at radius 1 is 0.818 bits per heavy atom. The van der Waals surface area contributed by atoms with Gasteiger partial charge in [-0.25, -0.2) is 0 Å². The summed E-state index contributed by atoms with van der Waals surface area (Å²) in [5.74, 6) is 0. The van der Waals surface area contributed by atoms with E-state index in [1.54, 1.807) is 0 Å². The zero-order chi connectivity index (χ0) is 15.0. The maximum atomic E-state index is 3.42. The molecular weight excluding hydrogens is 270 g/mol. The molecule has 2 fully saturated rings. The monoisotopic (exact) mass is 301 g/mol. The molecule has 122 valence electrons. The minimum atomic E-state index is 1.16. The number of piperidine rings is 1. The number of hydrogen-bond donors (Lipinski definition) is 1. The fraction of sp³-hybridized carbons (Fsp3) is 0.684. The summed E-state index contributed by atoms with van der Waals surface area (Å²) in [6, 6.07) is 9.34. The van der Waals surface area contributed by atoms with E-state index in [2.05, 4.69) is 39.4 Å². The van der Waals surface area contributed by atoms with Crippen LogP contribution in [0.5, 0.6) is 0 Å². The third-order valence-electron chi connectivity index (χ3n) is 5.06. The molecule has 2 heterocycles. The Balaban J connectivity index is 1.37. The molecule has 3 nitrogen and oxygen atoms in total. The smallest absolute Gasteiger partial charge is 0.0366 e. The summed E-state index contributed by atoms with van der Waals surface area (Å²) in [5, 5.41) is 3.42. The zero-order valence-electron chi connectivity index (χ0n) is 13.9. The van der Waals surface area contributed by atoms with Crippen LogP contribution in [0.2, 0.25) is 0 Å². The molecule has 0 unspecified atom stereocenters. The maximum absolute atomic E-state index is 3.42. The summed E-state index contributed by atoms with van der Waals surface area (Å²) in [4.78, 5) is 5.13. The number of benzene rings is 1. The van der Waals surface area contributed by atoms with Crippen LogP contribution in [-0.2, 0) is 6.42 Å². The molecule has 2 aliphatic rings. The minimum Gasteiger partial charge on any atom is -0.372 e. The van der Waals surface area contributed by atoms with Crippen LogP contribution >= 0.6 is 0 Å². The standard InChI is InChI=1S/C19H31N3/c1-3-14-22(15-4-1)19-9-7-18(8-10-19)6-2-5-13-21-16-11-20-12-17-21/h7-10,20H,1-6,11-17H2. The van der Waals surface area contributed by atoms with Crippen LogP contribution in [0, 0.1) is 0 Å². The van der Waals surface area contributed by atoms with Gasteiger partial charge in [0.05, 0.1) is 0 Å². The first-order chi connectivity index (χ1) is 10.9. The van der Waals surface area contributed by atoms with E-state index >= 15 is 0 Å². The number of piperazine rings is 1. The molecule has 3 heteroatoms. The lowest BCUT2D eigenvalue weighted by Gasteiger charge is -2.29. The highest BCUT2D eigenvalue weighted by atomic mass is 15.2. The average Bonchev–Trinajstić information content (AvgIpc) is 2.61. The summed E-state index contributed by atoms with van der Waals surface area (Å²) in [6.45, 7) is 8.53. The molecule has 3 rings (SSSR count). The molecule has 1 aromatic carbocycles. The zero-order valence-corrected chi connectivity index (χ0v) is 13.9. The largest absolute Gasteiger partial charge is 0.372 e. The van der Waals surface area contributed by atoms with Crippen molar-refractivity contribution in [2.24, 2.45) is 0 Å². The Morgan fingerprint density at radius 2 is 1.55 bits per heavy atom. The van der Waals surface area contributed by atoms with Crippen molar-refractivity contribution < 1.29 is 0 Å². The summed E-state index contributed by atoms with van der Waals surface area (Å²) >= 11 is 0. The molecule has 1 aromatic rings. The molecule has 2 aliphatic heterocycles. The Kier molecular flexibility index (Phi) is 6.14. The van der Waals surface area contributed by atoms with Gasteiger partial charge in [0.1, 0.15) is 0 Å². The second kappa shape index (κ2) is 8.54. The summed E-state index contributed by atoms with van der Waals surface area (Å²) in [5.41, 5.74) is 2.92. The van der Waals surface area contributed by atoms with E-state index in [0.717, 1.165) is 13.1 Å². The molecule has 0 amide bonds. The highest BCUT2D eigenvalue weighted by Gasteiger charge is 2.11. The molecule has 22 heavy (non-hydrogen) atoms. The predicted molar refractivity (Wildman–Crippen MR) is 94.8 cm³/mol. The number of aryl methyl sites for hydroxylation is 1. The van der Waals surface area contributed by atoms with Crippen LogP contribution in [0.25, 0.3) is 0 Å². The van der Waals surface area contributed by atoms with E-state index in [1.165, 1.54) is 82.5 Å². The molecule has 0 saturated carbocycles. The number of nitrogens with zero attached hydrogens (tertiary/aromatic N) is 2. The van der Waals surface area contributed by atoms with Gasteiger partial charge >= 0.3 is 0 Å². The first-order valence-corrected chi connectivity index (χ1v) is 9.19. The Bertz CT molecular complexity index is 417. The molecule has 2 saturated heterocycles. The van der Waals surface area contributed by atoms with E-state index in [4.69, 9.17) is 0 Å². The van der Waals surface area contributed by atoms with Crippen LogP contribution in [0.3, 0.4) is 0 Å². The van der Waals surface area contributed by atoms with Crippen molar-refractivity contribution in [3.8, 4) is 0 Å². The molecule has 0 atom stereocenters. The van der Waals surface area contributed by atoms with Gasteiger partial charge in [0.2, 0.25) is 0 Å². The van der Waals surface area contributed by atoms with Crippen molar-refractivity contribution in [2.75, 3.05) is 50.7 Å². The third kappa shape index (κ3) is 4.72. The maximum Gasteiger partial charge on any atom is 0.0366 e. The molecular formula is C19H31N3. The number of anilines is 1. The second-order valence-corrected chi connectivity index (χ2v) is 6.76. The van der Waals surface area contributed by atoms with Crippen molar-refractivity contribution in [1.29, 1.82) is 0 Å². The molecule has 0 aliphatic carbocycles. The minimum absolute atomic E-state index is 1.16. The molecule has 0 aromatic heterocycles. The van der Waals surface area contributed by atoms with E-state index in [0.29, 0.717) is 0 Å². The number of rotatable bonds is 6. The van der Waals surface area contributed by atoms with Gasteiger partial charge in [-0.05, 0) is 62.8 Å². The van der Waals surface area contributed by atoms with E-state index < -0.39 is 0 Å². The first kappa shape index (κ1) is 15.8. The molecule has 0 bridgehead atoms. The van der Waals surface area contributed by atoms with Crippen molar-refractivity contribution >= 4 is 5.69 Å². The molecule has 1 N–H and O–H groups in total. The van der Waals surface area contributed by atoms with Gasteiger partial charge < -0.3 is 15.1 Å². The summed E-state index contributed by atoms with van der Waals surface area (Å²) in [6.07, 6.45) is 7.98. The van der Waals surface area contributed by atoms with Crippen molar-refractivity contribution in [2.45, 2.75) is 38.5 Å². The van der Waals surface area contributed by atoms with Crippen molar-refractivity contribution in [3.63, 3.8) is 0 Å². The lowest BCUT2D eigenvalue weighted by Crippen LogP contribution is -2.43. The second-order valence-electron chi connectivity index (χ2n) is 6.76. The van der Waals surface area contributed by atoms with Gasteiger partial charge in [0.25, 0.3) is 0 Å². The van der Waals surface area contributed by atoms with Gasteiger partial charge in [0, 0.05) is 45.0 Å².